The molecule has 1 atom stereocenters. The lowest BCUT2D eigenvalue weighted by Crippen LogP contribution is -2.39. The van der Waals surface area contributed by atoms with Gasteiger partial charge in [-0.05, 0) is 31.2 Å². The van der Waals surface area contributed by atoms with E-state index in [0.717, 1.165) is 4.90 Å². The quantitative estimate of drug-likeness (QED) is 0.425. The van der Waals surface area contributed by atoms with Crippen LogP contribution in [-0.4, -0.2) is 37.8 Å². The van der Waals surface area contributed by atoms with E-state index in [1.54, 1.807) is 36.4 Å². The van der Waals surface area contributed by atoms with E-state index < -0.39 is 23.6 Å². The van der Waals surface area contributed by atoms with Crippen molar-refractivity contribution in [3.05, 3.63) is 71.2 Å². The first-order valence-electron chi connectivity index (χ1n) is 8.28. The van der Waals surface area contributed by atoms with Crippen LogP contribution in [0.4, 0.5) is 0 Å². The molecule has 1 aliphatic heterocycles. The van der Waals surface area contributed by atoms with Gasteiger partial charge in [-0.3, -0.25) is 14.5 Å². The van der Waals surface area contributed by atoms with Crippen molar-refractivity contribution < 1.29 is 14.7 Å². The van der Waals surface area contributed by atoms with Crippen LogP contribution in [0.25, 0.3) is 16.6 Å². The van der Waals surface area contributed by atoms with Crippen molar-refractivity contribution in [2.75, 3.05) is 0 Å². The van der Waals surface area contributed by atoms with Crippen molar-refractivity contribution in [3.8, 4) is 6.07 Å². The summed E-state index contributed by atoms with van der Waals surface area (Å²) in [6.45, 7) is 1.50. The Morgan fingerprint density at radius 1 is 1.11 bits per heavy atom. The van der Waals surface area contributed by atoms with E-state index >= 15 is 0 Å². The van der Waals surface area contributed by atoms with Crippen molar-refractivity contribution in [2.24, 2.45) is 0 Å². The average Bonchev–Trinajstić information content (AvgIpc) is 3.21. The predicted octanol–water partition coefficient (Wildman–Crippen LogP) is 3.04. The molecule has 0 aliphatic carbocycles. The monoisotopic (exact) mass is 358 g/mol. The van der Waals surface area contributed by atoms with E-state index in [-0.39, 0.29) is 22.5 Å². The molecule has 0 radical (unpaired) electrons. The van der Waals surface area contributed by atoms with Crippen molar-refractivity contribution in [1.29, 1.82) is 5.26 Å². The topological polar surface area (TPSA) is 110 Å². The van der Waals surface area contributed by atoms with Crippen molar-refractivity contribution in [3.63, 3.8) is 0 Å². The maximum atomic E-state index is 12.6. The maximum absolute atomic E-state index is 12.6. The number of H-pyrrole nitrogens is 1. The maximum Gasteiger partial charge on any atom is 0.262 e. The first-order valence-corrected chi connectivity index (χ1v) is 8.28. The highest BCUT2D eigenvalue weighted by Crippen LogP contribution is 2.28. The molecular weight excluding hydrogens is 344 g/mol. The zero-order valence-electron chi connectivity index (χ0n) is 14.3. The summed E-state index contributed by atoms with van der Waals surface area (Å²) in [7, 11) is 0. The highest BCUT2D eigenvalue weighted by molar-refractivity contribution is 6.21. The molecule has 0 saturated heterocycles. The van der Waals surface area contributed by atoms with Crippen molar-refractivity contribution in [1.82, 2.24) is 14.9 Å². The lowest BCUT2D eigenvalue weighted by Gasteiger charge is -2.22. The van der Waals surface area contributed by atoms with Gasteiger partial charge in [-0.15, -0.1) is 0 Å². The van der Waals surface area contributed by atoms with Crippen LogP contribution in [0.15, 0.2) is 54.3 Å². The number of aromatic nitrogens is 2. The van der Waals surface area contributed by atoms with E-state index in [2.05, 4.69) is 9.97 Å². The zero-order chi connectivity index (χ0) is 19.1. The molecule has 4 rings (SSSR count). The minimum Gasteiger partial charge on any atom is -0.509 e. The number of nitriles is 1. The highest BCUT2D eigenvalue weighted by Gasteiger charge is 2.40. The molecule has 132 valence electrons. The number of imide groups is 1. The van der Waals surface area contributed by atoms with Crippen LogP contribution in [0.2, 0.25) is 0 Å². The number of fused-ring (bicyclic) bond motifs is 2. The van der Waals surface area contributed by atoms with Crippen LogP contribution < -0.4 is 0 Å². The van der Waals surface area contributed by atoms with Gasteiger partial charge >= 0.3 is 0 Å². The number of aromatic amines is 1. The van der Waals surface area contributed by atoms with Crippen LogP contribution in [0.5, 0.6) is 0 Å². The molecule has 3 aromatic rings. The molecule has 27 heavy (non-hydrogen) atoms. The van der Waals surface area contributed by atoms with E-state index in [1.807, 2.05) is 18.2 Å². The molecule has 0 bridgehead atoms. The molecule has 2 N–H and O–H groups in total. The van der Waals surface area contributed by atoms with Gasteiger partial charge in [0.15, 0.2) is 5.82 Å². The summed E-state index contributed by atoms with van der Waals surface area (Å²) in [5, 5.41) is 20.2. The van der Waals surface area contributed by atoms with Gasteiger partial charge in [0, 0.05) is 0 Å². The summed E-state index contributed by atoms with van der Waals surface area (Å²) in [5.41, 5.74) is 1.80. The molecule has 0 saturated carbocycles. The van der Waals surface area contributed by atoms with Gasteiger partial charge in [0.05, 0.1) is 28.2 Å². The number of amides is 2. The highest BCUT2D eigenvalue weighted by atomic mass is 16.3. The standard InChI is InChI=1S/C20H14N4O3/c1-11(24-19(26)12-6-2-3-7-13(12)20(24)27)17(25)14(10-21)18-22-15-8-4-5-9-16(15)23-18/h2-9,11,25H,1H3,(H,22,23)/t11-/m1/s1. The third-order valence-electron chi connectivity index (χ3n) is 4.60. The van der Waals surface area contributed by atoms with E-state index in [0.29, 0.717) is 11.0 Å². The van der Waals surface area contributed by atoms with Gasteiger partial charge in [-0.25, -0.2) is 4.98 Å². The number of aliphatic hydroxyl groups excluding tert-OH is 1. The number of nitrogens with one attached hydrogen (secondary N) is 1. The molecule has 7 nitrogen and oxygen atoms in total. The number of hydrogen-bond acceptors (Lipinski definition) is 5. The number of imidazole rings is 1. The Bertz CT molecular complexity index is 1100. The summed E-state index contributed by atoms with van der Waals surface area (Å²) < 4.78 is 0. The molecule has 2 aromatic carbocycles. The number of carbonyl (C=O) groups excluding carboxylic acids is 2. The van der Waals surface area contributed by atoms with Gasteiger partial charge in [0.2, 0.25) is 0 Å². The summed E-state index contributed by atoms with van der Waals surface area (Å²) in [6, 6.07) is 14.6. The normalized spacial score (nSPS) is 15.5. The number of para-hydroxylation sites is 2. The van der Waals surface area contributed by atoms with Gasteiger partial charge in [0.1, 0.15) is 17.4 Å². The second-order valence-corrected chi connectivity index (χ2v) is 6.18. The molecule has 0 unspecified atom stereocenters. The van der Waals surface area contributed by atoms with E-state index in [9.17, 15) is 20.0 Å². The molecule has 2 amide bonds. The van der Waals surface area contributed by atoms with Crippen molar-refractivity contribution >= 4 is 28.4 Å². The Hall–Kier alpha value is -3.92. The first kappa shape index (κ1) is 16.5. The molecule has 1 aliphatic rings. The molecule has 7 heteroatoms. The second-order valence-electron chi connectivity index (χ2n) is 6.18. The van der Waals surface area contributed by atoms with E-state index in [4.69, 9.17) is 0 Å². The second kappa shape index (κ2) is 6.11. The molecule has 0 fully saturated rings. The number of nitrogens with zero attached hydrogens (tertiary/aromatic N) is 3. The van der Waals surface area contributed by atoms with Crippen molar-refractivity contribution in [2.45, 2.75) is 13.0 Å². The van der Waals surface area contributed by atoms with Gasteiger partial charge in [-0.1, -0.05) is 24.3 Å². The molecule has 2 heterocycles. The zero-order valence-corrected chi connectivity index (χ0v) is 14.3. The summed E-state index contributed by atoms with van der Waals surface area (Å²) in [4.78, 5) is 33.5. The SMILES string of the molecule is C[C@H](C(O)=C(C#N)c1nc2ccccc2[nH]1)N1C(=O)c2ccccc2C1=O. The number of hydrogen-bond donors (Lipinski definition) is 2. The summed E-state index contributed by atoms with van der Waals surface area (Å²) in [5.74, 6) is -1.22. The summed E-state index contributed by atoms with van der Waals surface area (Å²) in [6.07, 6.45) is 0. The molecule has 1 aromatic heterocycles. The smallest absolute Gasteiger partial charge is 0.262 e. The minimum atomic E-state index is -1.01. The number of benzene rings is 2. The fourth-order valence-electron chi connectivity index (χ4n) is 3.19. The molecule has 0 spiro atoms. The van der Waals surface area contributed by atoms with Crippen LogP contribution in [-0.2, 0) is 0 Å². The van der Waals surface area contributed by atoms with Crippen LogP contribution in [0.1, 0.15) is 33.5 Å². The number of carbonyl (C=O) groups is 2. The fourth-order valence-corrected chi connectivity index (χ4v) is 3.19. The third-order valence-corrected chi connectivity index (χ3v) is 4.60. The lowest BCUT2D eigenvalue weighted by molar-refractivity contribution is 0.0590. The third kappa shape index (κ3) is 2.47. The average molecular weight is 358 g/mol. The summed E-state index contributed by atoms with van der Waals surface area (Å²) >= 11 is 0. The Morgan fingerprint density at radius 2 is 1.70 bits per heavy atom. The van der Waals surface area contributed by atoms with Gasteiger partial charge < -0.3 is 10.1 Å². The Balaban J connectivity index is 1.76. The number of aliphatic hydroxyl groups is 1. The van der Waals surface area contributed by atoms with Crippen LogP contribution >= 0.6 is 0 Å². The van der Waals surface area contributed by atoms with Crippen LogP contribution in [0.3, 0.4) is 0 Å². The minimum absolute atomic E-state index is 0.116. The van der Waals surface area contributed by atoms with Gasteiger partial charge in [-0.2, -0.15) is 5.26 Å². The number of rotatable bonds is 3. The Labute approximate surface area is 154 Å². The van der Waals surface area contributed by atoms with Gasteiger partial charge in [0.25, 0.3) is 11.8 Å². The van der Waals surface area contributed by atoms with E-state index in [1.165, 1.54) is 6.92 Å². The predicted molar refractivity (Wildman–Crippen MR) is 97.7 cm³/mol. The lowest BCUT2D eigenvalue weighted by atomic mass is 10.1. The Morgan fingerprint density at radius 3 is 2.30 bits per heavy atom. The van der Waals surface area contributed by atoms with Crippen LogP contribution in [0, 0.1) is 11.3 Å². The Kier molecular flexibility index (Phi) is 3.74. The molecular formula is C20H14N4O3. The first-order chi connectivity index (χ1) is 13.0. The number of allylic oxidation sites excluding steroid dienone is 1. The largest absolute Gasteiger partial charge is 0.509 e. The fraction of sp³-hybridized carbons (Fsp3) is 0.100.